The van der Waals surface area contributed by atoms with E-state index in [4.69, 9.17) is 23.4 Å². The second kappa shape index (κ2) is 8.32. The minimum absolute atomic E-state index is 0.150. The molecule has 0 rings (SSSR count). The van der Waals surface area contributed by atoms with Gasteiger partial charge in [-0.25, -0.2) is 0 Å². The molecule has 0 atom stereocenters. The summed E-state index contributed by atoms with van der Waals surface area (Å²) in [6.45, 7) is 3.02. The molecule has 0 fully saturated rings. The molecule has 0 aromatic carbocycles. The number of halogens is 2. The van der Waals surface area contributed by atoms with Crippen LogP contribution in [0.3, 0.4) is 0 Å². The third-order valence-electron chi connectivity index (χ3n) is 0.643. The van der Waals surface area contributed by atoms with Gasteiger partial charge in [0, 0.05) is 0 Å². The van der Waals surface area contributed by atoms with Crippen molar-refractivity contribution in [3.05, 3.63) is 11.8 Å². The van der Waals surface area contributed by atoms with Crippen molar-refractivity contribution in [1.29, 1.82) is 0 Å². The first kappa shape index (κ1) is 15.2. The van der Waals surface area contributed by atoms with Crippen molar-refractivity contribution in [1.82, 2.24) is 0 Å². The van der Waals surface area contributed by atoms with Crippen molar-refractivity contribution in [2.45, 2.75) is 13.8 Å². The minimum atomic E-state index is -4.30. The Balaban J connectivity index is 0. The van der Waals surface area contributed by atoms with E-state index in [-0.39, 0.29) is 5.76 Å². The molecular formula is C4H8Cl2O4PtS. The van der Waals surface area contributed by atoms with Gasteiger partial charge >= 0.3 is 45.7 Å². The van der Waals surface area contributed by atoms with Crippen LogP contribution in [0.4, 0.5) is 0 Å². The molecule has 4 nitrogen and oxygen atoms in total. The Bertz CT molecular complexity index is 225. The van der Waals surface area contributed by atoms with Gasteiger partial charge in [-0.3, -0.25) is 4.55 Å². The van der Waals surface area contributed by atoms with Crippen molar-refractivity contribution in [3.63, 3.8) is 0 Å². The van der Waals surface area contributed by atoms with Crippen molar-refractivity contribution >= 4 is 29.2 Å². The van der Waals surface area contributed by atoms with Crippen molar-refractivity contribution in [2.24, 2.45) is 0 Å². The van der Waals surface area contributed by atoms with Gasteiger partial charge in [-0.1, -0.05) is 0 Å². The average molecular weight is 418 g/mol. The Morgan fingerprint density at radius 3 is 2.00 bits per heavy atom. The second-order valence-electron chi connectivity index (χ2n) is 1.46. The van der Waals surface area contributed by atoms with Crippen molar-refractivity contribution < 1.29 is 33.6 Å². The molecule has 0 saturated carbocycles. The van der Waals surface area contributed by atoms with Crippen LogP contribution in [0.2, 0.25) is 0 Å². The normalized spacial score (nSPS) is 11.9. The molecule has 12 heavy (non-hydrogen) atoms. The zero-order chi connectivity index (χ0) is 10.2. The van der Waals surface area contributed by atoms with Gasteiger partial charge in [0.05, 0.1) is 0 Å². The fraction of sp³-hybridized carbons (Fsp3) is 0.500. The molecule has 0 aliphatic carbocycles. The summed E-state index contributed by atoms with van der Waals surface area (Å²) >= 11 is -0.472. The Labute approximate surface area is 88.2 Å². The molecule has 0 bridgehead atoms. The van der Waals surface area contributed by atoms with Gasteiger partial charge < -0.3 is 4.18 Å². The molecule has 8 heteroatoms. The quantitative estimate of drug-likeness (QED) is 0.552. The first-order valence-corrected chi connectivity index (χ1v) is 9.49. The molecule has 0 heterocycles. The summed E-state index contributed by atoms with van der Waals surface area (Å²) in [5.74, 6) is 0.150. The Morgan fingerprint density at radius 2 is 1.92 bits per heavy atom. The predicted molar refractivity (Wildman–Crippen MR) is 43.8 cm³/mol. The van der Waals surface area contributed by atoms with E-state index in [9.17, 15) is 8.42 Å². The van der Waals surface area contributed by atoms with Crippen molar-refractivity contribution in [2.75, 3.05) is 0 Å². The van der Waals surface area contributed by atoms with E-state index in [1.54, 1.807) is 6.92 Å². The summed E-state index contributed by atoms with van der Waals surface area (Å²) in [5, 5.41) is 0. The van der Waals surface area contributed by atoms with Crippen LogP contribution >= 0.6 is 18.8 Å². The summed E-state index contributed by atoms with van der Waals surface area (Å²) in [6, 6.07) is 0. The standard InChI is InChI=1S/C4H8O4S.2ClH.Pt/c1-3-4(2)8-9(5,6)7;;;/h3H,1-2H3,(H,5,6,7);2*1H;/q;;;+2/p-2. The first-order chi connectivity index (χ1) is 5.37. The Kier molecular flexibility index (Phi) is 10.5. The van der Waals surface area contributed by atoms with E-state index < -0.39 is 26.9 Å². The summed E-state index contributed by atoms with van der Waals surface area (Å²) in [6.07, 6.45) is 1.42. The van der Waals surface area contributed by atoms with Gasteiger partial charge in [0.1, 0.15) is 5.76 Å². The van der Waals surface area contributed by atoms with Gasteiger partial charge in [-0.15, -0.1) is 0 Å². The molecule has 0 aliphatic rings. The Hall–Kier alpha value is 0.718. The van der Waals surface area contributed by atoms with Gasteiger partial charge in [0.25, 0.3) is 0 Å². The molecule has 0 unspecified atom stereocenters. The Morgan fingerprint density at radius 1 is 1.58 bits per heavy atom. The van der Waals surface area contributed by atoms with Crippen LogP contribution in [-0.2, 0) is 31.1 Å². The predicted octanol–water partition coefficient (Wildman–Crippen LogP) is 2.11. The van der Waals surface area contributed by atoms with Gasteiger partial charge in [0.2, 0.25) is 0 Å². The molecule has 0 aliphatic heterocycles. The molecule has 0 amide bonds. The van der Waals surface area contributed by atoms with Crippen LogP contribution < -0.4 is 0 Å². The fourth-order valence-electron chi connectivity index (χ4n) is 0.214. The van der Waals surface area contributed by atoms with Crippen LogP contribution in [0.1, 0.15) is 13.8 Å². The monoisotopic (exact) mass is 417 g/mol. The van der Waals surface area contributed by atoms with Crippen LogP contribution in [0.15, 0.2) is 11.8 Å². The van der Waals surface area contributed by atoms with Gasteiger partial charge in [-0.05, 0) is 19.9 Å². The van der Waals surface area contributed by atoms with E-state index in [2.05, 4.69) is 4.18 Å². The molecule has 78 valence electrons. The summed E-state index contributed by atoms with van der Waals surface area (Å²) in [7, 11) is 5.45. The fourth-order valence-corrected chi connectivity index (χ4v) is 0.643. The van der Waals surface area contributed by atoms with E-state index in [0.29, 0.717) is 0 Å². The number of hydrogen-bond acceptors (Lipinski definition) is 3. The number of rotatable bonds is 2. The van der Waals surface area contributed by atoms with E-state index >= 15 is 0 Å². The first-order valence-electron chi connectivity index (χ1n) is 2.49. The van der Waals surface area contributed by atoms with E-state index in [0.717, 1.165) is 0 Å². The van der Waals surface area contributed by atoms with E-state index in [1.807, 2.05) is 0 Å². The average Bonchev–Trinajstić information content (AvgIpc) is 1.86. The molecular weight excluding hydrogens is 410 g/mol. The summed E-state index contributed by atoms with van der Waals surface area (Å²) in [5.41, 5.74) is 0. The molecule has 0 saturated heterocycles. The zero-order valence-electron chi connectivity index (χ0n) is 6.23. The SMILES string of the molecule is CC=C(C)OS(=O)(=O)O.[Cl][Pt][Cl]. The van der Waals surface area contributed by atoms with Crippen LogP contribution in [-0.4, -0.2) is 13.0 Å². The molecule has 1 N–H and O–H groups in total. The maximum absolute atomic E-state index is 9.89. The third kappa shape index (κ3) is 17.0. The number of hydrogen-bond donors (Lipinski definition) is 1. The second-order valence-corrected chi connectivity index (χ2v) is 5.76. The van der Waals surface area contributed by atoms with E-state index in [1.165, 1.54) is 13.0 Å². The van der Waals surface area contributed by atoms with Gasteiger partial charge in [0.15, 0.2) is 0 Å². The molecule has 0 aromatic rings. The molecule has 0 radical (unpaired) electrons. The third-order valence-corrected chi connectivity index (χ3v) is 1.12. The topological polar surface area (TPSA) is 63.6 Å². The molecule has 0 aromatic heterocycles. The maximum atomic E-state index is 9.89. The van der Waals surface area contributed by atoms with Crippen LogP contribution in [0, 0.1) is 0 Å². The van der Waals surface area contributed by atoms with Crippen molar-refractivity contribution in [3.8, 4) is 0 Å². The number of allylic oxidation sites excluding steroid dienone is 2. The summed E-state index contributed by atoms with van der Waals surface area (Å²) in [4.78, 5) is 0. The van der Waals surface area contributed by atoms with Crippen LogP contribution in [0.5, 0.6) is 0 Å². The molecule has 0 spiro atoms. The summed E-state index contributed by atoms with van der Waals surface area (Å²) < 4.78 is 31.8. The zero-order valence-corrected chi connectivity index (χ0v) is 10.8. The van der Waals surface area contributed by atoms with Crippen LogP contribution in [0.25, 0.3) is 0 Å². The van der Waals surface area contributed by atoms with Gasteiger partial charge in [-0.2, -0.15) is 8.42 Å².